The van der Waals surface area contributed by atoms with Crippen molar-refractivity contribution in [1.82, 2.24) is 4.98 Å². The Morgan fingerprint density at radius 3 is 3.15 bits per heavy atom. The van der Waals surface area contributed by atoms with E-state index in [1.807, 2.05) is 6.92 Å². The smallest absolute Gasteiger partial charge is 0.0967 e. The van der Waals surface area contributed by atoms with E-state index in [9.17, 15) is 0 Å². The van der Waals surface area contributed by atoms with Gasteiger partial charge in [-0.2, -0.15) is 0 Å². The predicted molar refractivity (Wildman–Crippen MR) is 55.0 cm³/mol. The second-order valence-electron chi connectivity index (χ2n) is 2.22. The van der Waals surface area contributed by atoms with Crippen LogP contribution in [0, 0.1) is 0 Å². The fraction of sp³-hybridized carbons (Fsp3) is 0.250. The minimum atomic E-state index is 0.484. The molecule has 0 spiro atoms. The summed E-state index contributed by atoms with van der Waals surface area (Å²) >= 11 is 7.41. The van der Waals surface area contributed by atoms with E-state index in [1.165, 1.54) is 6.21 Å². The van der Waals surface area contributed by atoms with Gasteiger partial charge in [-0.3, -0.25) is 0 Å². The molecular weight excluding hydrogens is 208 g/mol. The van der Waals surface area contributed by atoms with Crippen molar-refractivity contribution in [3.05, 3.63) is 22.8 Å². The molecule has 0 radical (unpaired) electrons. The molecule has 0 atom stereocenters. The number of rotatable bonds is 3. The van der Waals surface area contributed by atoms with Crippen LogP contribution in [0.5, 0.6) is 0 Å². The van der Waals surface area contributed by atoms with Crippen molar-refractivity contribution >= 4 is 29.6 Å². The first-order valence-corrected chi connectivity index (χ1v) is 5.10. The number of thioether (sulfide) groups is 1. The van der Waals surface area contributed by atoms with Crippen molar-refractivity contribution < 1.29 is 5.21 Å². The molecule has 70 valence electrons. The Kier molecular flexibility index (Phi) is 4.05. The van der Waals surface area contributed by atoms with Crippen LogP contribution < -0.4 is 0 Å². The first-order valence-electron chi connectivity index (χ1n) is 3.73. The van der Waals surface area contributed by atoms with Crippen LogP contribution in [0.3, 0.4) is 0 Å². The predicted octanol–water partition coefficient (Wildman–Crippen LogP) is 2.66. The van der Waals surface area contributed by atoms with E-state index in [1.54, 1.807) is 24.0 Å². The lowest BCUT2D eigenvalue weighted by molar-refractivity contribution is 0.322. The average molecular weight is 217 g/mol. The molecule has 0 saturated carbocycles. The maximum absolute atomic E-state index is 8.35. The fourth-order valence-electron chi connectivity index (χ4n) is 0.822. The Labute approximate surface area is 85.8 Å². The molecule has 0 aromatic carbocycles. The van der Waals surface area contributed by atoms with Crippen LogP contribution in [-0.2, 0) is 0 Å². The molecule has 1 N–H and O–H groups in total. The van der Waals surface area contributed by atoms with Gasteiger partial charge in [0.05, 0.1) is 16.3 Å². The Morgan fingerprint density at radius 1 is 1.77 bits per heavy atom. The molecule has 0 aliphatic heterocycles. The van der Waals surface area contributed by atoms with Gasteiger partial charge in [-0.15, -0.1) is 11.8 Å². The van der Waals surface area contributed by atoms with Crippen molar-refractivity contribution in [2.75, 3.05) is 5.75 Å². The molecule has 1 rings (SSSR count). The van der Waals surface area contributed by atoms with Crippen LogP contribution in [0.15, 0.2) is 22.4 Å². The van der Waals surface area contributed by atoms with Gasteiger partial charge in [-0.25, -0.2) is 4.98 Å². The SMILES string of the molecule is CCSc1cc(/C=N/O)c(Cl)cn1. The molecule has 1 heterocycles. The summed E-state index contributed by atoms with van der Waals surface area (Å²) in [5, 5.41) is 12.6. The summed E-state index contributed by atoms with van der Waals surface area (Å²) in [6.07, 6.45) is 2.85. The zero-order valence-electron chi connectivity index (χ0n) is 7.07. The highest BCUT2D eigenvalue weighted by atomic mass is 35.5. The Morgan fingerprint density at radius 2 is 2.54 bits per heavy atom. The van der Waals surface area contributed by atoms with Gasteiger partial charge in [0.1, 0.15) is 0 Å². The lowest BCUT2D eigenvalue weighted by atomic mass is 10.3. The van der Waals surface area contributed by atoms with Crippen LogP contribution in [0.4, 0.5) is 0 Å². The van der Waals surface area contributed by atoms with E-state index in [4.69, 9.17) is 16.8 Å². The van der Waals surface area contributed by atoms with Gasteiger partial charge < -0.3 is 5.21 Å². The third-order valence-corrected chi connectivity index (χ3v) is 2.47. The number of hydrogen-bond acceptors (Lipinski definition) is 4. The molecule has 0 fully saturated rings. The van der Waals surface area contributed by atoms with Gasteiger partial charge >= 0.3 is 0 Å². The highest BCUT2D eigenvalue weighted by Crippen LogP contribution is 2.20. The number of aromatic nitrogens is 1. The van der Waals surface area contributed by atoms with Gasteiger partial charge in [0.15, 0.2) is 0 Å². The highest BCUT2D eigenvalue weighted by molar-refractivity contribution is 7.99. The zero-order valence-corrected chi connectivity index (χ0v) is 8.64. The summed E-state index contributed by atoms with van der Waals surface area (Å²) in [7, 11) is 0. The van der Waals surface area contributed by atoms with Crippen LogP contribution in [-0.4, -0.2) is 22.2 Å². The van der Waals surface area contributed by atoms with E-state index < -0.39 is 0 Å². The standard InChI is InChI=1S/C8H9ClN2OS/c1-2-13-8-3-6(4-11-12)7(9)5-10-8/h3-5,12H,2H2,1H3/b11-4+. The van der Waals surface area contributed by atoms with Crippen molar-refractivity contribution in [3.8, 4) is 0 Å². The Balaban J connectivity index is 2.96. The van der Waals surface area contributed by atoms with E-state index in [2.05, 4.69) is 10.1 Å². The van der Waals surface area contributed by atoms with Gasteiger partial charge in [0.2, 0.25) is 0 Å². The third kappa shape index (κ3) is 2.90. The zero-order chi connectivity index (χ0) is 9.68. The molecule has 13 heavy (non-hydrogen) atoms. The number of halogens is 1. The molecule has 3 nitrogen and oxygen atoms in total. The Bertz CT molecular complexity index is 317. The lowest BCUT2D eigenvalue weighted by Gasteiger charge is -2.00. The summed E-state index contributed by atoms with van der Waals surface area (Å²) in [5.74, 6) is 0.949. The molecular formula is C8H9ClN2OS. The highest BCUT2D eigenvalue weighted by Gasteiger charge is 2.00. The van der Waals surface area contributed by atoms with E-state index >= 15 is 0 Å². The molecule has 0 saturated heterocycles. The molecule has 1 aromatic heterocycles. The van der Waals surface area contributed by atoms with Crippen LogP contribution >= 0.6 is 23.4 Å². The summed E-state index contributed by atoms with van der Waals surface area (Å²) in [5.41, 5.74) is 0.676. The van der Waals surface area contributed by atoms with Gasteiger partial charge in [0.25, 0.3) is 0 Å². The number of oxime groups is 1. The number of hydrogen-bond donors (Lipinski definition) is 1. The Hall–Kier alpha value is -0.740. The van der Waals surface area contributed by atoms with Crippen molar-refractivity contribution in [3.63, 3.8) is 0 Å². The maximum atomic E-state index is 8.35. The molecule has 0 unspecified atom stereocenters. The van der Waals surface area contributed by atoms with Crippen LogP contribution in [0.1, 0.15) is 12.5 Å². The van der Waals surface area contributed by atoms with Gasteiger partial charge in [-0.05, 0) is 11.8 Å². The first-order chi connectivity index (χ1) is 6.27. The lowest BCUT2D eigenvalue weighted by Crippen LogP contribution is -1.88. The van der Waals surface area contributed by atoms with Crippen molar-refractivity contribution in [2.45, 2.75) is 11.9 Å². The molecule has 0 aliphatic carbocycles. The topological polar surface area (TPSA) is 45.5 Å². The molecule has 1 aromatic rings. The van der Waals surface area contributed by atoms with Crippen LogP contribution in [0.25, 0.3) is 0 Å². The van der Waals surface area contributed by atoms with Gasteiger partial charge in [0, 0.05) is 11.8 Å². The molecule has 0 amide bonds. The normalized spacial score (nSPS) is 10.9. The minimum absolute atomic E-state index is 0.484. The maximum Gasteiger partial charge on any atom is 0.0967 e. The molecule has 0 bridgehead atoms. The van der Waals surface area contributed by atoms with Gasteiger partial charge in [-0.1, -0.05) is 23.7 Å². The number of nitrogens with zero attached hydrogens (tertiary/aromatic N) is 2. The summed E-state index contributed by atoms with van der Waals surface area (Å²) in [6.45, 7) is 2.04. The molecule has 0 aliphatic rings. The van der Waals surface area contributed by atoms with E-state index in [0.29, 0.717) is 10.6 Å². The summed E-state index contributed by atoms with van der Waals surface area (Å²) in [6, 6.07) is 1.79. The first kappa shape index (κ1) is 10.3. The summed E-state index contributed by atoms with van der Waals surface area (Å²) in [4.78, 5) is 4.10. The quantitative estimate of drug-likeness (QED) is 0.366. The van der Waals surface area contributed by atoms with E-state index in [0.717, 1.165) is 10.8 Å². The number of pyridine rings is 1. The van der Waals surface area contributed by atoms with Crippen LogP contribution in [0.2, 0.25) is 5.02 Å². The minimum Gasteiger partial charge on any atom is -0.411 e. The summed E-state index contributed by atoms with van der Waals surface area (Å²) < 4.78 is 0. The monoisotopic (exact) mass is 216 g/mol. The molecule has 5 heteroatoms. The second-order valence-corrected chi connectivity index (χ2v) is 3.91. The van der Waals surface area contributed by atoms with E-state index in [-0.39, 0.29) is 0 Å². The second kappa shape index (κ2) is 5.09. The largest absolute Gasteiger partial charge is 0.411 e. The average Bonchev–Trinajstić information content (AvgIpc) is 2.12. The fourth-order valence-corrected chi connectivity index (χ4v) is 1.61. The third-order valence-electron chi connectivity index (χ3n) is 1.35. The van der Waals surface area contributed by atoms with Crippen molar-refractivity contribution in [1.29, 1.82) is 0 Å². The van der Waals surface area contributed by atoms with Crippen molar-refractivity contribution in [2.24, 2.45) is 5.16 Å².